The van der Waals surface area contributed by atoms with Gasteiger partial charge in [0, 0.05) is 20.6 Å². The molecule has 0 aliphatic carbocycles. The van der Waals surface area contributed by atoms with E-state index in [1.165, 1.54) is 6.21 Å². The van der Waals surface area contributed by atoms with Crippen molar-refractivity contribution in [1.29, 1.82) is 0 Å². The summed E-state index contributed by atoms with van der Waals surface area (Å²) < 4.78 is 11.8. The summed E-state index contributed by atoms with van der Waals surface area (Å²) in [5.74, 6) is 0.0800. The number of amides is 1. The maximum Gasteiger partial charge on any atom is 0.343 e. The lowest BCUT2D eigenvalue weighted by Gasteiger charge is -2.09. The third-order valence-electron chi connectivity index (χ3n) is 4.21. The Bertz CT molecular complexity index is 1120. The van der Waals surface area contributed by atoms with Crippen LogP contribution in [-0.2, 0) is 0 Å². The van der Waals surface area contributed by atoms with Crippen molar-refractivity contribution in [2.24, 2.45) is 5.10 Å². The Morgan fingerprint density at radius 3 is 2.41 bits per heavy atom. The Morgan fingerprint density at radius 1 is 1.03 bits per heavy atom. The number of carbonyl (C=O) groups is 2. The molecule has 0 unspecified atom stereocenters. The average molecular weight is 516 g/mol. The van der Waals surface area contributed by atoms with Gasteiger partial charge in [0.15, 0.2) is 0 Å². The van der Waals surface area contributed by atoms with Gasteiger partial charge in [0.05, 0.1) is 18.4 Å². The zero-order chi connectivity index (χ0) is 22.9. The van der Waals surface area contributed by atoms with E-state index in [0.29, 0.717) is 39.8 Å². The van der Waals surface area contributed by atoms with Crippen LogP contribution in [-0.4, -0.2) is 24.7 Å². The molecular weight excluding hydrogens is 496 g/mol. The number of halogens is 2. The number of esters is 1. The molecule has 1 amide bonds. The Morgan fingerprint density at radius 2 is 1.72 bits per heavy atom. The minimum absolute atomic E-state index is 0.300. The Balaban J connectivity index is 1.69. The van der Waals surface area contributed by atoms with E-state index < -0.39 is 11.9 Å². The molecule has 164 valence electrons. The van der Waals surface area contributed by atoms with Gasteiger partial charge < -0.3 is 9.47 Å². The quantitative estimate of drug-likeness (QED) is 0.176. The highest BCUT2D eigenvalue weighted by molar-refractivity contribution is 9.10. The molecule has 0 radical (unpaired) electrons. The molecule has 0 atom stereocenters. The van der Waals surface area contributed by atoms with Gasteiger partial charge in [-0.25, -0.2) is 10.2 Å². The summed E-state index contributed by atoms with van der Waals surface area (Å²) in [4.78, 5) is 24.8. The molecule has 8 heteroatoms. The number of hydrogen-bond donors (Lipinski definition) is 1. The number of rotatable bonds is 8. The molecule has 3 aromatic carbocycles. The number of hydrogen-bond acceptors (Lipinski definition) is 5. The van der Waals surface area contributed by atoms with Crippen LogP contribution >= 0.6 is 27.5 Å². The summed E-state index contributed by atoms with van der Waals surface area (Å²) in [6, 6.07) is 18.3. The van der Waals surface area contributed by atoms with E-state index >= 15 is 0 Å². The van der Waals surface area contributed by atoms with Crippen molar-refractivity contribution in [1.82, 2.24) is 5.43 Å². The molecular formula is C24H20BrClN2O4. The maximum atomic E-state index is 12.6. The Kier molecular flexibility index (Phi) is 8.41. The van der Waals surface area contributed by atoms with Gasteiger partial charge in [-0.15, -0.1) is 0 Å². The zero-order valence-corrected chi connectivity index (χ0v) is 19.5. The van der Waals surface area contributed by atoms with E-state index in [1.807, 2.05) is 6.92 Å². The molecule has 6 nitrogen and oxygen atoms in total. The standard InChI is InChI=1S/C24H20BrClN2O4/c1-2-13-31-21-10-5-17(6-11-21)24(30)32-22-12-7-19(25)14-18(22)15-27-28-23(29)16-3-8-20(26)9-4-16/h3-12,14-15H,2,13H2,1H3,(H,28,29). The first kappa shape index (κ1) is 23.5. The summed E-state index contributed by atoms with van der Waals surface area (Å²) >= 11 is 9.22. The number of nitrogens with zero attached hydrogens (tertiary/aromatic N) is 1. The van der Waals surface area contributed by atoms with Gasteiger partial charge in [-0.1, -0.05) is 34.5 Å². The molecule has 0 heterocycles. The van der Waals surface area contributed by atoms with Gasteiger partial charge in [-0.2, -0.15) is 5.10 Å². The van der Waals surface area contributed by atoms with Gasteiger partial charge in [0.25, 0.3) is 5.91 Å². The largest absolute Gasteiger partial charge is 0.494 e. The second-order valence-electron chi connectivity index (χ2n) is 6.65. The summed E-state index contributed by atoms with van der Waals surface area (Å²) in [5.41, 5.74) is 3.75. The molecule has 0 saturated carbocycles. The summed E-state index contributed by atoms with van der Waals surface area (Å²) in [6.45, 7) is 2.63. The number of nitrogens with one attached hydrogen (secondary N) is 1. The predicted octanol–water partition coefficient (Wildman–Crippen LogP) is 5.87. The second kappa shape index (κ2) is 11.5. The molecule has 3 rings (SSSR count). The van der Waals surface area contributed by atoms with Crippen molar-refractivity contribution >= 4 is 45.6 Å². The van der Waals surface area contributed by atoms with Crippen molar-refractivity contribution in [3.63, 3.8) is 0 Å². The van der Waals surface area contributed by atoms with Crippen LogP contribution in [0.1, 0.15) is 39.6 Å². The van der Waals surface area contributed by atoms with Crippen molar-refractivity contribution in [3.8, 4) is 11.5 Å². The van der Waals surface area contributed by atoms with Crippen LogP contribution in [0.4, 0.5) is 0 Å². The van der Waals surface area contributed by atoms with Crippen LogP contribution < -0.4 is 14.9 Å². The van der Waals surface area contributed by atoms with E-state index in [1.54, 1.807) is 66.7 Å². The normalized spacial score (nSPS) is 10.7. The van der Waals surface area contributed by atoms with E-state index in [0.717, 1.165) is 10.9 Å². The highest BCUT2D eigenvalue weighted by Gasteiger charge is 2.12. The van der Waals surface area contributed by atoms with E-state index in [9.17, 15) is 9.59 Å². The fraction of sp³-hybridized carbons (Fsp3) is 0.125. The van der Waals surface area contributed by atoms with Crippen molar-refractivity contribution < 1.29 is 19.1 Å². The van der Waals surface area contributed by atoms with Crippen molar-refractivity contribution in [2.75, 3.05) is 6.61 Å². The SMILES string of the molecule is CCCOc1ccc(C(=O)Oc2ccc(Br)cc2C=NNC(=O)c2ccc(Cl)cc2)cc1. The van der Waals surface area contributed by atoms with Crippen molar-refractivity contribution in [2.45, 2.75) is 13.3 Å². The monoisotopic (exact) mass is 514 g/mol. The molecule has 1 N–H and O–H groups in total. The molecule has 0 aromatic heterocycles. The van der Waals surface area contributed by atoms with Gasteiger partial charge in [0.2, 0.25) is 0 Å². The minimum Gasteiger partial charge on any atom is -0.494 e. The van der Waals surface area contributed by atoms with Crippen LogP contribution in [0.5, 0.6) is 11.5 Å². The molecule has 0 saturated heterocycles. The van der Waals surface area contributed by atoms with Crippen LogP contribution in [0.25, 0.3) is 0 Å². The average Bonchev–Trinajstić information content (AvgIpc) is 2.80. The number of ether oxygens (including phenoxy) is 2. The lowest BCUT2D eigenvalue weighted by atomic mass is 10.2. The van der Waals surface area contributed by atoms with Crippen LogP contribution in [0.3, 0.4) is 0 Å². The minimum atomic E-state index is -0.519. The van der Waals surface area contributed by atoms with Crippen LogP contribution in [0.15, 0.2) is 76.3 Å². The zero-order valence-electron chi connectivity index (χ0n) is 17.2. The summed E-state index contributed by atoms with van der Waals surface area (Å²) in [6.07, 6.45) is 2.31. The maximum absolute atomic E-state index is 12.6. The summed E-state index contributed by atoms with van der Waals surface area (Å²) in [7, 11) is 0. The number of benzene rings is 3. The van der Waals surface area contributed by atoms with E-state index in [-0.39, 0.29) is 0 Å². The van der Waals surface area contributed by atoms with E-state index in [4.69, 9.17) is 21.1 Å². The Labute approximate surface area is 199 Å². The first-order chi connectivity index (χ1) is 15.5. The fourth-order valence-electron chi connectivity index (χ4n) is 2.61. The van der Waals surface area contributed by atoms with Crippen molar-refractivity contribution in [3.05, 3.63) is 92.9 Å². The number of carbonyl (C=O) groups excluding carboxylic acids is 2. The third kappa shape index (κ3) is 6.67. The molecule has 32 heavy (non-hydrogen) atoms. The molecule has 3 aromatic rings. The predicted molar refractivity (Wildman–Crippen MR) is 128 cm³/mol. The molecule has 0 fully saturated rings. The molecule has 0 aliphatic heterocycles. The molecule has 0 bridgehead atoms. The van der Waals surface area contributed by atoms with Gasteiger partial charge >= 0.3 is 5.97 Å². The first-order valence-electron chi connectivity index (χ1n) is 9.80. The fourth-order valence-corrected chi connectivity index (χ4v) is 3.11. The summed E-state index contributed by atoms with van der Waals surface area (Å²) in [5, 5.41) is 4.51. The van der Waals surface area contributed by atoms with E-state index in [2.05, 4.69) is 26.5 Å². The molecule has 0 aliphatic rings. The molecule has 0 spiro atoms. The number of hydrazone groups is 1. The van der Waals surface area contributed by atoms with Crippen LogP contribution in [0, 0.1) is 0 Å². The smallest absolute Gasteiger partial charge is 0.343 e. The second-order valence-corrected chi connectivity index (χ2v) is 8.00. The third-order valence-corrected chi connectivity index (χ3v) is 4.96. The highest BCUT2D eigenvalue weighted by Crippen LogP contribution is 2.23. The Hall–Kier alpha value is -3.16. The topological polar surface area (TPSA) is 77.0 Å². The van der Waals surface area contributed by atoms with Gasteiger partial charge in [-0.05, 0) is 73.2 Å². The van der Waals surface area contributed by atoms with Gasteiger partial charge in [-0.3, -0.25) is 4.79 Å². The highest BCUT2D eigenvalue weighted by atomic mass is 79.9. The van der Waals surface area contributed by atoms with Gasteiger partial charge in [0.1, 0.15) is 11.5 Å². The van der Waals surface area contributed by atoms with Crippen LogP contribution in [0.2, 0.25) is 5.02 Å². The lowest BCUT2D eigenvalue weighted by Crippen LogP contribution is -2.17. The lowest BCUT2D eigenvalue weighted by molar-refractivity contribution is 0.0734. The first-order valence-corrected chi connectivity index (χ1v) is 11.0.